The Hall–Kier alpha value is -1.17. The van der Waals surface area contributed by atoms with Crippen LogP contribution in [0.3, 0.4) is 0 Å². The minimum Gasteiger partial charge on any atom is -0.396 e. The number of piperidine rings is 1. The molecule has 1 aliphatic heterocycles. The number of hydrogen-bond acceptors (Lipinski definition) is 4. The third-order valence-corrected chi connectivity index (χ3v) is 5.55. The maximum atomic E-state index is 12.9. The Morgan fingerprint density at radius 3 is 3.04 bits per heavy atom. The summed E-state index contributed by atoms with van der Waals surface area (Å²) >= 11 is 1.67. The van der Waals surface area contributed by atoms with Gasteiger partial charge in [0.05, 0.1) is 12.6 Å². The average Bonchev–Trinajstić information content (AvgIpc) is 3.06. The van der Waals surface area contributed by atoms with Gasteiger partial charge in [0.1, 0.15) is 0 Å². The molecule has 1 saturated heterocycles. The molecule has 2 atom stereocenters. The zero-order valence-electron chi connectivity index (χ0n) is 14.2. The topological polar surface area (TPSA) is 43.8 Å². The molecule has 1 aromatic rings. The van der Waals surface area contributed by atoms with Crippen molar-refractivity contribution in [3.63, 3.8) is 0 Å². The molecule has 1 aliphatic rings. The van der Waals surface area contributed by atoms with Gasteiger partial charge in [0.15, 0.2) is 0 Å². The highest BCUT2D eigenvalue weighted by Gasteiger charge is 2.35. The number of amides is 1. The number of thiophene rings is 1. The predicted octanol–water partition coefficient (Wildman–Crippen LogP) is 2.75. The number of nitrogens with zero attached hydrogens (tertiary/aromatic N) is 2. The Morgan fingerprint density at radius 2 is 2.43 bits per heavy atom. The molecule has 4 nitrogen and oxygen atoms in total. The lowest BCUT2D eigenvalue weighted by Crippen LogP contribution is -2.53. The van der Waals surface area contributed by atoms with Crippen molar-refractivity contribution in [2.45, 2.75) is 39.3 Å². The van der Waals surface area contributed by atoms with Crippen LogP contribution in [0.4, 0.5) is 0 Å². The van der Waals surface area contributed by atoms with Crippen molar-refractivity contribution in [1.82, 2.24) is 9.80 Å². The Balaban J connectivity index is 2.04. The molecule has 1 amide bonds. The zero-order valence-corrected chi connectivity index (χ0v) is 15.0. The van der Waals surface area contributed by atoms with Crippen LogP contribution in [-0.2, 0) is 11.3 Å². The Bertz CT molecular complexity index is 517. The van der Waals surface area contributed by atoms with Crippen molar-refractivity contribution in [2.24, 2.45) is 5.41 Å². The Kier molecular flexibility index (Phi) is 6.39. The van der Waals surface area contributed by atoms with E-state index in [1.54, 1.807) is 17.4 Å². The first kappa shape index (κ1) is 18.2. The maximum Gasteiger partial charge on any atom is 0.240 e. The fourth-order valence-electron chi connectivity index (χ4n) is 3.22. The molecule has 0 radical (unpaired) electrons. The molecule has 5 heteroatoms. The van der Waals surface area contributed by atoms with Crippen LogP contribution in [0.25, 0.3) is 0 Å². The van der Waals surface area contributed by atoms with Gasteiger partial charge < -0.3 is 10.0 Å². The summed E-state index contributed by atoms with van der Waals surface area (Å²) in [5.74, 6) is 0.139. The SMILES string of the molecule is C=CCN(Cc1cccs1)C(=O)C(C)N1CCCC(C)(CO)C1. The maximum absolute atomic E-state index is 12.9. The molecule has 1 aromatic heterocycles. The number of aliphatic hydroxyl groups is 1. The minimum absolute atomic E-state index is 0.0934. The van der Waals surface area contributed by atoms with Crippen molar-refractivity contribution < 1.29 is 9.90 Å². The van der Waals surface area contributed by atoms with Crippen LogP contribution in [0.1, 0.15) is 31.6 Å². The second-order valence-corrected chi connectivity index (χ2v) is 7.84. The molecule has 0 bridgehead atoms. The number of aliphatic hydroxyl groups excluding tert-OH is 1. The highest BCUT2D eigenvalue weighted by molar-refractivity contribution is 7.09. The van der Waals surface area contributed by atoms with Gasteiger partial charge in [-0.3, -0.25) is 9.69 Å². The number of carbonyl (C=O) groups is 1. The van der Waals surface area contributed by atoms with Crippen LogP contribution in [0.5, 0.6) is 0 Å². The molecular weight excluding hydrogens is 308 g/mol. The number of likely N-dealkylation sites (tertiary alicyclic amines) is 1. The molecule has 1 fully saturated rings. The highest BCUT2D eigenvalue weighted by atomic mass is 32.1. The van der Waals surface area contributed by atoms with E-state index in [4.69, 9.17) is 0 Å². The smallest absolute Gasteiger partial charge is 0.240 e. The third kappa shape index (κ3) is 4.66. The van der Waals surface area contributed by atoms with E-state index in [0.29, 0.717) is 13.1 Å². The molecule has 0 spiro atoms. The van der Waals surface area contributed by atoms with Gasteiger partial charge in [-0.1, -0.05) is 19.1 Å². The summed E-state index contributed by atoms with van der Waals surface area (Å²) in [7, 11) is 0. The second-order valence-electron chi connectivity index (χ2n) is 6.81. The van der Waals surface area contributed by atoms with E-state index in [-0.39, 0.29) is 24.0 Å². The fraction of sp³-hybridized carbons (Fsp3) is 0.611. The fourth-order valence-corrected chi connectivity index (χ4v) is 3.94. The third-order valence-electron chi connectivity index (χ3n) is 4.69. The van der Waals surface area contributed by atoms with Crippen molar-refractivity contribution >= 4 is 17.2 Å². The first-order chi connectivity index (χ1) is 11.0. The molecule has 2 heterocycles. The predicted molar refractivity (Wildman–Crippen MR) is 95.4 cm³/mol. The number of rotatable bonds is 7. The van der Waals surface area contributed by atoms with E-state index >= 15 is 0 Å². The lowest BCUT2D eigenvalue weighted by molar-refractivity contribution is -0.138. The summed E-state index contributed by atoms with van der Waals surface area (Å²) in [6, 6.07) is 3.90. The van der Waals surface area contributed by atoms with Gasteiger partial charge in [-0.15, -0.1) is 17.9 Å². The highest BCUT2D eigenvalue weighted by Crippen LogP contribution is 2.30. The average molecular weight is 337 g/mol. The molecule has 1 N–H and O–H groups in total. The number of hydrogen-bond donors (Lipinski definition) is 1. The largest absolute Gasteiger partial charge is 0.396 e. The Morgan fingerprint density at radius 1 is 1.65 bits per heavy atom. The van der Waals surface area contributed by atoms with Gasteiger partial charge in [-0.25, -0.2) is 0 Å². The Labute approximate surface area is 143 Å². The van der Waals surface area contributed by atoms with Gasteiger partial charge in [-0.05, 0) is 37.8 Å². The zero-order chi connectivity index (χ0) is 16.9. The van der Waals surface area contributed by atoms with Crippen molar-refractivity contribution in [1.29, 1.82) is 0 Å². The number of carbonyl (C=O) groups excluding carboxylic acids is 1. The van der Waals surface area contributed by atoms with E-state index in [9.17, 15) is 9.90 Å². The molecule has 0 aromatic carbocycles. The minimum atomic E-state index is -0.166. The van der Waals surface area contributed by atoms with Gasteiger partial charge in [0.2, 0.25) is 5.91 Å². The molecule has 2 unspecified atom stereocenters. The van der Waals surface area contributed by atoms with Crippen molar-refractivity contribution in [3.05, 3.63) is 35.0 Å². The summed E-state index contributed by atoms with van der Waals surface area (Å²) in [4.78, 5) is 18.2. The molecule has 2 rings (SSSR count). The normalized spacial score (nSPS) is 23.4. The van der Waals surface area contributed by atoms with E-state index in [1.807, 2.05) is 23.3 Å². The second kappa shape index (κ2) is 8.08. The molecule has 0 aliphatic carbocycles. The summed E-state index contributed by atoms with van der Waals surface area (Å²) in [5.41, 5.74) is -0.0934. The van der Waals surface area contributed by atoms with E-state index in [1.165, 1.54) is 4.88 Å². The summed E-state index contributed by atoms with van der Waals surface area (Å²) in [6.45, 7) is 10.9. The first-order valence-electron chi connectivity index (χ1n) is 8.26. The molecular formula is C18H28N2O2S. The van der Waals surface area contributed by atoms with Gasteiger partial charge in [0, 0.05) is 30.0 Å². The monoisotopic (exact) mass is 336 g/mol. The first-order valence-corrected chi connectivity index (χ1v) is 9.14. The van der Waals surface area contributed by atoms with Crippen LogP contribution in [-0.4, -0.2) is 53.1 Å². The summed E-state index contributed by atoms with van der Waals surface area (Å²) in [6.07, 6.45) is 3.83. The molecule has 0 saturated carbocycles. The van der Waals surface area contributed by atoms with Crippen LogP contribution in [0.2, 0.25) is 0 Å². The lowest BCUT2D eigenvalue weighted by atomic mass is 9.82. The van der Waals surface area contributed by atoms with Crippen LogP contribution < -0.4 is 0 Å². The van der Waals surface area contributed by atoms with Gasteiger partial charge >= 0.3 is 0 Å². The van der Waals surface area contributed by atoms with Crippen molar-refractivity contribution in [2.75, 3.05) is 26.2 Å². The van der Waals surface area contributed by atoms with E-state index in [0.717, 1.165) is 25.9 Å². The molecule has 23 heavy (non-hydrogen) atoms. The van der Waals surface area contributed by atoms with Crippen LogP contribution in [0.15, 0.2) is 30.2 Å². The molecule has 128 valence electrons. The summed E-state index contributed by atoms with van der Waals surface area (Å²) < 4.78 is 0. The van der Waals surface area contributed by atoms with Crippen LogP contribution >= 0.6 is 11.3 Å². The summed E-state index contributed by atoms with van der Waals surface area (Å²) in [5, 5.41) is 11.7. The standard InChI is InChI=1S/C18H28N2O2S/c1-4-9-19(12-16-7-5-11-23-16)17(22)15(2)20-10-6-8-18(3,13-20)14-21/h4-5,7,11,15,21H,1,6,8-10,12-14H2,2-3H3. The quantitative estimate of drug-likeness (QED) is 0.779. The van der Waals surface area contributed by atoms with Gasteiger partial charge in [0.25, 0.3) is 0 Å². The van der Waals surface area contributed by atoms with E-state index in [2.05, 4.69) is 24.5 Å². The van der Waals surface area contributed by atoms with Crippen LogP contribution in [0, 0.1) is 5.41 Å². The lowest BCUT2D eigenvalue weighted by Gasteiger charge is -2.42. The van der Waals surface area contributed by atoms with Crippen molar-refractivity contribution in [3.8, 4) is 0 Å². The van der Waals surface area contributed by atoms with E-state index < -0.39 is 0 Å². The van der Waals surface area contributed by atoms with Gasteiger partial charge in [-0.2, -0.15) is 0 Å².